The molecular weight excluding hydrogens is 182 g/mol. The minimum absolute atomic E-state index is 0.0965. The average Bonchev–Trinajstić information content (AvgIpc) is 2.08. The van der Waals surface area contributed by atoms with Crippen molar-refractivity contribution in [1.82, 2.24) is 0 Å². The molecule has 0 radical (unpaired) electrons. The summed E-state index contributed by atoms with van der Waals surface area (Å²) in [5.74, 6) is 0.0965. The van der Waals surface area contributed by atoms with Crippen molar-refractivity contribution in [1.29, 1.82) is 0 Å². The SMILES string of the molecule is CC1CC1(F)Cl.O=C(O)Cl. The molecule has 2 unspecified atom stereocenters. The van der Waals surface area contributed by atoms with E-state index in [1.807, 2.05) is 0 Å². The van der Waals surface area contributed by atoms with E-state index in [4.69, 9.17) is 21.5 Å². The Balaban J connectivity index is 0.000000180. The monoisotopic (exact) mass is 188 g/mol. The van der Waals surface area contributed by atoms with Gasteiger partial charge in [-0.15, -0.1) is 0 Å². The summed E-state index contributed by atoms with van der Waals surface area (Å²) < 4.78 is 12.0. The number of hydrogen-bond donors (Lipinski definition) is 1. The summed E-state index contributed by atoms with van der Waals surface area (Å²) in [4.78, 5) is 8.77. The Labute approximate surface area is 67.9 Å². The summed E-state index contributed by atoms with van der Waals surface area (Å²) in [6.45, 7) is 1.80. The maximum absolute atomic E-state index is 12.0. The van der Waals surface area contributed by atoms with Gasteiger partial charge in [0.1, 0.15) is 0 Å². The summed E-state index contributed by atoms with van der Waals surface area (Å²) in [6.07, 6.45) is 0.536. The van der Waals surface area contributed by atoms with Crippen molar-refractivity contribution < 1.29 is 14.3 Å². The lowest BCUT2D eigenvalue weighted by Crippen LogP contribution is -1.84. The molecule has 0 heterocycles. The Bertz CT molecular complexity index is 134. The van der Waals surface area contributed by atoms with Crippen molar-refractivity contribution in [2.45, 2.75) is 18.5 Å². The number of alkyl halides is 2. The van der Waals surface area contributed by atoms with Crippen molar-refractivity contribution in [3.63, 3.8) is 0 Å². The van der Waals surface area contributed by atoms with Crippen LogP contribution in [0.15, 0.2) is 0 Å². The molecule has 10 heavy (non-hydrogen) atoms. The van der Waals surface area contributed by atoms with E-state index in [0.29, 0.717) is 6.42 Å². The third-order valence-electron chi connectivity index (χ3n) is 1.14. The Kier molecular flexibility index (Phi) is 3.39. The van der Waals surface area contributed by atoms with Crippen LogP contribution in [0, 0.1) is 5.92 Å². The zero-order chi connectivity index (χ0) is 8.36. The van der Waals surface area contributed by atoms with Gasteiger partial charge in [-0.05, 0) is 0 Å². The standard InChI is InChI=1S/C4H6ClF.CHClO2/c1-3-2-4(3,5)6;2-1(3)4/h3H,2H2,1H3;(H,3,4). The quantitative estimate of drug-likeness (QED) is 0.469. The van der Waals surface area contributed by atoms with Gasteiger partial charge in [0.25, 0.3) is 0 Å². The van der Waals surface area contributed by atoms with Crippen LogP contribution in [-0.4, -0.2) is 15.7 Å². The van der Waals surface area contributed by atoms with Gasteiger partial charge in [-0.25, -0.2) is 9.18 Å². The highest BCUT2D eigenvalue weighted by molar-refractivity contribution is 6.60. The first kappa shape index (κ1) is 9.98. The summed E-state index contributed by atoms with van der Waals surface area (Å²) in [5, 5.41) is 5.86. The van der Waals surface area contributed by atoms with Crippen molar-refractivity contribution in [3.05, 3.63) is 0 Å². The third-order valence-corrected chi connectivity index (χ3v) is 1.67. The highest BCUT2D eigenvalue weighted by atomic mass is 35.5. The lowest BCUT2D eigenvalue weighted by Gasteiger charge is -1.83. The van der Waals surface area contributed by atoms with Crippen LogP contribution in [0.1, 0.15) is 13.3 Å². The molecule has 5 heteroatoms. The molecular formula is C5H7Cl2FO2. The minimum Gasteiger partial charge on any atom is -0.469 e. The molecule has 1 fully saturated rings. The number of carbonyl (C=O) groups is 1. The van der Waals surface area contributed by atoms with Crippen LogP contribution in [0.25, 0.3) is 0 Å². The van der Waals surface area contributed by atoms with Gasteiger partial charge in [0, 0.05) is 23.9 Å². The van der Waals surface area contributed by atoms with Crippen molar-refractivity contribution in [2.24, 2.45) is 5.92 Å². The van der Waals surface area contributed by atoms with Gasteiger partial charge < -0.3 is 5.11 Å². The molecule has 0 spiro atoms. The van der Waals surface area contributed by atoms with Crippen LogP contribution in [0.3, 0.4) is 0 Å². The van der Waals surface area contributed by atoms with E-state index in [9.17, 15) is 4.39 Å². The third kappa shape index (κ3) is 4.82. The second-order valence-corrected chi connectivity index (χ2v) is 3.07. The first-order valence-electron chi connectivity index (χ1n) is 2.62. The fraction of sp³-hybridized carbons (Fsp3) is 0.800. The molecule has 60 valence electrons. The summed E-state index contributed by atoms with van der Waals surface area (Å²) >= 11 is 9.32. The van der Waals surface area contributed by atoms with Crippen molar-refractivity contribution in [3.8, 4) is 0 Å². The molecule has 1 aliphatic carbocycles. The molecule has 2 nitrogen and oxygen atoms in total. The highest BCUT2D eigenvalue weighted by Crippen LogP contribution is 2.50. The van der Waals surface area contributed by atoms with Gasteiger partial charge in [-0.3, -0.25) is 0 Å². The van der Waals surface area contributed by atoms with Crippen LogP contribution >= 0.6 is 23.2 Å². The van der Waals surface area contributed by atoms with E-state index in [0.717, 1.165) is 0 Å². The van der Waals surface area contributed by atoms with Gasteiger partial charge in [-0.2, -0.15) is 0 Å². The van der Waals surface area contributed by atoms with Crippen LogP contribution < -0.4 is 0 Å². The second kappa shape index (κ2) is 3.39. The van der Waals surface area contributed by atoms with Gasteiger partial charge >= 0.3 is 5.43 Å². The average molecular weight is 189 g/mol. The molecule has 1 aliphatic rings. The Hall–Kier alpha value is -0.0200. The highest BCUT2D eigenvalue weighted by Gasteiger charge is 2.50. The topological polar surface area (TPSA) is 37.3 Å². The molecule has 0 aromatic rings. The second-order valence-electron chi connectivity index (χ2n) is 2.12. The normalized spacial score (nSPS) is 35.8. The summed E-state index contributed by atoms with van der Waals surface area (Å²) in [6, 6.07) is 0. The molecule has 0 amide bonds. The fourth-order valence-corrected chi connectivity index (χ4v) is 0.581. The largest absolute Gasteiger partial charge is 0.469 e. The molecule has 0 aromatic heterocycles. The van der Waals surface area contributed by atoms with E-state index in [1.54, 1.807) is 6.92 Å². The lowest BCUT2D eigenvalue weighted by atomic mass is 10.5. The predicted molar refractivity (Wildman–Crippen MR) is 37.4 cm³/mol. The number of rotatable bonds is 0. The number of carboxylic acid groups (broad SMARTS) is 1. The van der Waals surface area contributed by atoms with Crippen LogP contribution in [0.2, 0.25) is 0 Å². The Morgan fingerprint density at radius 2 is 2.00 bits per heavy atom. The molecule has 2 atom stereocenters. The zero-order valence-corrected chi connectivity index (χ0v) is 6.79. The van der Waals surface area contributed by atoms with E-state index < -0.39 is 10.6 Å². The van der Waals surface area contributed by atoms with E-state index in [1.165, 1.54) is 0 Å². The van der Waals surface area contributed by atoms with Crippen molar-refractivity contribution >= 4 is 28.6 Å². The van der Waals surface area contributed by atoms with E-state index >= 15 is 0 Å². The number of halogens is 3. The van der Waals surface area contributed by atoms with Crippen LogP contribution in [0.5, 0.6) is 0 Å². The number of hydrogen-bond acceptors (Lipinski definition) is 1. The zero-order valence-electron chi connectivity index (χ0n) is 5.27. The molecule has 1 rings (SSSR count). The smallest absolute Gasteiger partial charge is 0.401 e. The molecule has 1 saturated carbocycles. The van der Waals surface area contributed by atoms with Gasteiger partial charge in [0.15, 0.2) is 5.13 Å². The van der Waals surface area contributed by atoms with Gasteiger partial charge in [-0.1, -0.05) is 18.5 Å². The Morgan fingerprint density at radius 3 is 2.00 bits per heavy atom. The van der Waals surface area contributed by atoms with E-state index in [-0.39, 0.29) is 5.92 Å². The molecule has 0 aromatic carbocycles. The first-order chi connectivity index (χ1) is 4.36. The molecule has 1 N–H and O–H groups in total. The van der Waals surface area contributed by atoms with Gasteiger partial charge in [0.05, 0.1) is 0 Å². The summed E-state index contributed by atoms with van der Waals surface area (Å²) in [5.41, 5.74) is -1.36. The molecule has 0 aliphatic heterocycles. The first-order valence-corrected chi connectivity index (χ1v) is 3.38. The predicted octanol–water partition coefficient (Wildman–Crippen LogP) is 2.83. The minimum atomic E-state index is -1.36. The molecule has 0 saturated heterocycles. The van der Waals surface area contributed by atoms with Crippen LogP contribution in [-0.2, 0) is 0 Å². The van der Waals surface area contributed by atoms with Crippen molar-refractivity contribution in [2.75, 3.05) is 0 Å². The maximum Gasteiger partial charge on any atom is 0.401 e. The maximum atomic E-state index is 12.0. The van der Waals surface area contributed by atoms with E-state index in [2.05, 4.69) is 11.6 Å². The van der Waals surface area contributed by atoms with Crippen LogP contribution in [0.4, 0.5) is 9.18 Å². The summed E-state index contributed by atoms with van der Waals surface area (Å²) in [7, 11) is 0. The molecule has 0 bridgehead atoms. The van der Waals surface area contributed by atoms with Gasteiger partial charge in [0.2, 0.25) is 0 Å². The Morgan fingerprint density at radius 1 is 1.90 bits per heavy atom. The fourth-order valence-electron chi connectivity index (χ4n) is 0.349. The lowest BCUT2D eigenvalue weighted by molar-refractivity contribution is 0.220.